The maximum atomic E-state index is 12.7. The zero-order valence-electron chi connectivity index (χ0n) is 8.84. The van der Waals surface area contributed by atoms with Gasteiger partial charge in [0, 0.05) is 18.9 Å². The van der Waals surface area contributed by atoms with Crippen molar-refractivity contribution in [2.24, 2.45) is 0 Å². The molecule has 2 rings (SSSR count). The molecule has 1 N–H and O–H groups in total. The fourth-order valence-electron chi connectivity index (χ4n) is 1.52. The third kappa shape index (κ3) is 1.94. The van der Waals surface area contributed by atoms with Crippen LogP contribution in [0.2, 0.25) is 0 Å². The summed E-state index contributed by atoms with van der Waals surface area (Å²) in [6.07, 6.45) is 3.56. The van der Waals surface area contributed by atoms with Gasteiger partial charge in [-0.1, -0.05) is 0 Å². The van der Waals surface area contributed by atoms with Gasteiger partial charge in [0.2, 0.25) is 0 Å². The predicted molar refractivity (Wildman–Crippen MR) is 56.2 cm³/mol. The van der Waals surface area contributed by atoms with Crippen molar-refractivity contribution < 1.29 is 9.50 Å². The van der Waals surface area contributed by atoms with Gasteiger partial charge in [0.25, 0.3) is 0 Å². The van der Waals surface area contributed by atoms with E-state index >= 15 is 0 Å². The molecule has 84 valence electrons. The van der Waals surface area contributed by atoms with Crippen LogP contribution in [0.5, 0.6) is 0 Å². The van der Waals surface area contributed by atoms with E-state index in [0.717, 1.165) is 6.20 Å². The Morgan fingerprint density at radius 2 is 2.25 bits per heavy atom. The van der Waals surface area contributed by atoms with Crippen LogP contribution in [-0.2, 0) is 6.54 Å². The van der Waals surface area contributed by atoms with E-state index in [9.17, 15) is 9.50 Å². The van der Waals surface area contributed by atoms with Gasteiger partial charge in [-0.3, -0.25) is 4.98 Å². The molecule has 16 heavy (non-hydrogen) atoms. The number of aliphatic hydroxyl groups is 1. The van der Waals surface area contributed by atoms with E-state index in [1.807, 2.05) is 11.5 Å². The second-order valence-corrected chi connectivity index (χ2v) is 3.38. The highest BCUT2D eigenvalue weighted by Crippen LogP contribution is 2.18. The van der Waals surface area contributed by atoms with Crippen molar-refractivity contribution >= 4 is 0 Å². The first kappa shape index (κ1) is 10.8. The maximum Gasteiger partial charge on any atom is 0.153 e. The van der Waals surface area contributed by atoms with Gasteiger partial charge in [-0.15, -0.1) is 0 Å². The first-order valence-electron chi connectivity index (χ1n) is 5.03. The van der Waals surface area contributed by atoms with E-state index in [-0.39, 0.29) is 0 Å². The van der Waals surface area contributed by atoms with Crippen molar-refractivity contribution in [2.75, 3.05) is 0 Å². The Morgan fingerprint density at radius 1 is 1.44 bits per heavy atom. The summed E-state index contributed by atoms with van der Waals surface area (Å²) in [5.74, 6) is 0.0939. The van der Waals surface area contributed by atoms with Crippen LogP contribution < -0.4 is 0 Å². The van der Waals surface area contributed by atoms with E-state index < -0.39 is 11.9 Å². The molecule has 0 aliphatic rings. The monoisotopic (exact) mass is 221 g/mol. The van der Waals surface area contributed by atoms with Crippen molar-refractivity contribution in [3.05, 3.63) is 48.1 Å². The van der Waals surface area contributed by atoms with Crippen LogP contribution in [0.1, 0.15) is 24.5 Å². The molecule has 0 fully saturated rings. The van der Waals surface area contributed by atoms with Gasteiger partial charge in [0.15, 0.2) is 6.10 Å². The molecule has 0 saturated heterocycles. The number of pyridine rings is 1. The quantitative estimate of drug-likeness (QED) is 0.854. The third-order valence-electron chi connectivity index (χ3n) is 2.36. The molecule has 0 radical (unpaired) electrons. The smallest absolute Gasteiger partial charge is 0.153 e. The number of hydrogen-bond donors (Lipinski definition) is 1. The van der Waals surface area contributed by atoms with Crippen molar-refractivity contribution in [1.29, 1.82) is 0 Å². The summed E-state index contributed by atoms with van der Waals surface area (Å²) in [4.78, 5) is 7.90. The minimum absolute atomic E-state index is 0.391. The van der Waals surface area contributed by atoms with E-state index in [4.69, 9.17) is 0 Å². The lowest BCUT2D eigenvalue weighted by atomic mass is 10.2. The lowest BCUT2D eigenvalue weighted by Crippen LogP contribution is -2.10. The summed E-state index contributed by atoms with van der Waals surface area (Å²) in [5.41, 5.74) is 0.391. The topological polar surface area (TPSA) is 50.9 Å². The predicted octanol–water partition coefficient (Wildman–Crippen LogP) is 1.52. The van der Waals surface area contributed by atoms with Gasteiger partial charge in [-0.2, -0.15) is 0 Å². The number of aromatic nitrogens is 3. The largest absolute Gasteiger partial charge is 0.379 e. The van der Waals surface area contributed by atoms with E-state index in [1.54, 1.807) is 12.4 Å². The number of nitrogens with zero attached hydrogens (tertiary/aromatic N) is 3. The lowest BCUT2D eigenvalue weighted by Gasteiger charge is -2.11. The normalized spacial score (nSPS) is 12.7. The Bertz CT molecular complexity index is 466. The molecule has 2 aromatic heterocycles. The highest BCUT2D eigenvalue weighted by Gasteiger charge is 2.16. The summed E-state index contributed by atoms with van der Waals surface area (Å²) in [7, 11) is 0. The average Bonchev–Trinajstić information content (AvgIpc) is 2.77. The number of aliphatic hydroxyl groups excluding tert-OH is 1. The molecular formula is C11H12FN3O. The molecule has 5 heteroatoms. The first-order chi connectivity index (χ1) is 7.72. The SMILES string of the molecule is CCn1ccnc1C(O)c1ccc(F)cn1. The second-order valence-electron chi connectivity index (χ2n) is 3.38. The van der Waals surface area contributed by atoms with E-state index in [2.05, 4.69) is 9.97 Å². The Labute approximate surface area is 92.4 Å². The highest BCUT2D eigenvalue weighted by atomic mass is 19.1. The van der Waals surface area contributed by atoms with Gasteiger partial charge in [0.1, 0.15) is 11.6 Å². The number of rotatable bonds is 3. The molecule has 1 unspecified atom stereocenters. The average molecular weight is 221 g/mol. The van der Waals surface area contributed by atoms with Crippen LogP contribution in [0.15, 0.2) is 30.7 Å². The first-order valence-corrected chi connectivity index (χ1v) is 5.03. The fourth-order valence-corrected chi connectivity index (χ4v) is 1.52. The Hall–Kier alpha value is -1.75. The number of imidazole rings is 1. The van der Waals surface area contributed by atoms with Crippen molar-refractivity contribution in [2.45, 2.75) is 19.6 Å². The minimum Gasteiger partial charge on any atom is -0.379 e. The van der Waals surface area contributed by atoms with Crippen molar-refractivity contribution in [3.8, 4) is 0 Å². The molecule has 0 aliphatic carbocycles. The maximum absolute atomic E-state index is 12.7. The lowest BCUT2D eigenvalue weighted by molar-refractivity contribution is 0.200. The van der Waals surface area contributed by atoms with Crippen LogP contribution in [-0.4, -0.2) is 19.6 Å². The summed E-state index contributed by atoms with van der Waals surface area (Å²) in [5, 5.41) is 10.0. The van der Waals surface area contributed by atoms with Crippen molar-refractivity contribution in [1.82, 2.24) is 14.5 Å². The molecule has 1 atom stereocenters. The molecule has 4 nitrogen and oxygen atoms in total. The Morgan fingerprint density at radius 3 is 2.88 bits per heavy atom. The summed E-state index contributed by atoms with van der Waals surface area (Å²) in [6.45, 7) is 2.67. The minimum atomic E-state index is -0.921. The zero-order chi connectivity index (χ0) is 11.5. The molecule has 0 bridgehead atoms. The molecule has 0 amide bonds. The zero-order valence-corrected chi connectivity index (χ0v) is 8.84. The standard InChI is InChI=1S/C11H12FN3O/c1-2-15-6-5-13-11(15)10(16)9-4-3-8(12)7-14-9/h3-7,10,16H,2H2,1H3. The molecule has 0 spiro atoms. The molecule has 0 saturated carbocycles. The second kappa shape index (κ2) is 4.40. The van der Waals surface area contributed by atoms with Gasteiger partial charge in [-0.25, -0.2) is 9.37 Å². The number of aryl methyl sites for hydroxylation is 1. The Balaban J connectivity index is 2.31. The van der Waals surface area contributed by atoms with Gasteiger partial charge >= 0.3 is 0 Å². The summed E-state index contributed by atoms with van der Waals surface area (Å²) >= 11 is 0. The Kier molecular flexibility index (Phi) is 2.96. The van der Waals surface area contributed by atoms with Crippen LogP contribution >= 0.6 is 0 Å². The molecule has 2 aromatic rings. The van der Waals surface area contributed by atoms with Crippen molar-refractivity contribution in [3.63, 3.8) is 0 Å². The molecule has 2 heterocycles. The van der Waals surface area contributed by atoms with Crippen LogP contribution in [0.3, 0.4) is 0 Å². The van der Waals surface area contributed by atoms with E-state index in [0.29, 0.717) is 18.1 Å². The summed E-state index contributed by atoms with van der Waals surface area (Å²) < 4.78 is 14.5. The molecular weight excluding hydrogens is 209 g/mol. The van der Waals surface area contributed by atoms with E-state index in [1.165, 1.54) is 12.1 Å². The van der Waals surface area contributed by atoms with Crippen LogP contribution in [0, 0.1) is 5.82 Å². The number of hydrogen-bond acceptors (Lipinski definition) is 3. The molecule has 0 aliphatic heterocycles. The highest BCUT2D eigenvalue weighted by molar-refractivity contribution is 5.15. The third-order valence-corrected chi connectivity index (χ3v) is 2.36. The van der Waals surface area contributed by atoms with Gasteiger partial charge in [0.05, 0.1) is 11.9 Å². The van der Waals surface area contributed by atoms with Crippen LogP contribution in [0.4, 0.5) is 4.39 Å². The van der Waals surface area contributed by atoms with Crippen LogP contribution in [0.25, 0.3) is 0 Å². The fraction of sp³-hybridized carbons (Fsp3) is 0.273. The van der Waals surface area contributed by atoms with Gasteiger partial charge in [-0.05, 0) is 19.1 Å². The number of halogens is 1. The summed E-state index contributed by atoms with van der Waals surface area (Å²) in [6, 6.07) is 2.72. The molecule has 0 aromatic carbocycles. The van der Waals surface area contributed by atoms with Gasteiger partial charge < -0.3 is 9.67 Å².